The van der Waals surface area contributed by atoms with Crippen LogP contribution < -0.4 is 9.47 Å². The average molecular weight is 526 g/mol. The summed E-state index contributed by atoms with van der Waals surface area (Å²) in [6, 6.07) is 14.3. The molecule has 1 fully saturated rings. The first-order valence-electron chi connectivity index (χ1n) is 14.0. The second-order valence-corrected chi connectivity index (χ2v) is 10.9. The second-order valence-electron chi connectivity index (χ2n) is 10.9. The highest BCUT2D eigenvalue weighted by atomic mass is 19.1. The fourth-order valence-corrected chi connectivity index (χ4v) is 6.02. The van der Waals surface area contributed by atoms with E-state index in [9.17, 15) is 14.3 Å². The van der Waals surface area contributed by atoms with Crippen molar-refractivity contribution in [1.82, 2.24) is 14.7 Å². The van der Waals surface area contributed by atoms with Gasteiger partial charge in [0.2, 0.25) is 0 Å². The SMILES string of the molecule is CN(CCF)C1CCC(Oc2ccc3c(c2)OCCN(C[C@H](O)CN2CCc4ccccc4C2)C3=O)CC1. The zero-order valence-corrected chi connectivity index (χ0v) is 22.4. The number of rotatable bonds is 9. The Morgan fingerprint density at radius 1 is 1.11 bits per heavy atom. The van der Waals surface area contributed by atoms with E-state index < -0.39 is 6.10 Å². The highest BCUT2D eigenvalue weighted by Gasteiger charge is 2.29. The minimum atomic E-state index is -0.632. The molecular formula is C30H40FN3O4. The maximum Gasteiger partial charge on any atom is 0.257 e. The molecular weight excluding hydrogens is 485 g/mol. The molecule has 0 saturated heterocycles. The summed E-state index contributed by atoms with van der Waals surface area (Å²) in [4.78, 5) is 19.4. The Kier molecular flexibility index (Phi) is 8.82. The Balaban J connectivity index is 1.14. The van der Waals surface area contributed by atoms with Crippen LogP contribution in [0.25, 0.3) is 0 Å². The molecule has 0 radical (unpaired) electrons. The smallest absolute Gasteiger partial charge is 0.257 e. The molecule has 3 aliphatic rings. The number of halogens is 1. The highest BCUT2D eigenvalue weighted by molar-refractivity contribution is 5.97. The highest BCUT2D eigenvalue weighted by Crippen LogP contribution is 2.31. The Hall–Kier alpha value is -2.68. The van der Waals surface area contributed by atoms with E-state index in [4.69, 9.17) is 9.47 Å². The monoisotopic (exact) mass is 525 g/mol. The van der Waals surface area contributed by atoms with Gasteiger partial charge in [-0.2, -0.15) is 0 Å². The number of hydrogen-bond acceptors (Lipinski definition) is 6. The van der Waals surface area contributed by atoms with Crippen LogP contribution in [0.3, 0.4) is 0 Å². The van der Waals surface area contributed by atoms with Crippen LogP contribution in [-0.2, 0) is 13.0 Å². The van der Waals surface area contributed by atoms with Crippen molar-refractivity contribution >= 4 is 5.91 Å². The van der Waals surface area contributed by atoms with Gasteiger partial charge in [0.1, 0.15) is 24.8 Å². The van der Waals surface area contributed by atoms with Crippen LogP contribution in [0, 0.1) is 0 Å². The number of alkyl halides is 1. The minimum absolute atomic E-state index is 0.109. The summed E-state index contributed by atoms with van der Waals surface area (Å²) in [5, 5.41) is 10.9. The molecule has 1 N–H and O–H groups in total. The van der Waals surface area contributed by atoms with Gasteiger partial charge >= 0.3 is 0 Å². The maximum atomic E-state index is 13.3. The summed E-state index contributed by atoms with van der Waals surface area (Å²) in [5.74, 6) is 1.12. The number of carbonyl (C=O) groups is 1. The first kappa shape index (κ1) is 26.9. The molecule has 1 atom stereocenters. The van der Waals surface area contributed by atoms with Crippen LogP contribution in [0.5, 0.6) is 11.5 Å². The largest absolute Gasteiger partial charge is 0.491 e. The van der Waals surface area contributed by atoms with Gasteiger partial charge in [0.05, 0.1) is 24.3 Å². The molecule has 8 heteroatoms. The van der Waals surface area contributed by atoms with E-state index in [1.165, 1.54) is 11.1 Å². The lowest BCUT2D eigenvalue weighted by atomic mass is 9.92. The van der Waals surface area contributed by atoms with Gasteiger partial charge in [0.25, 0.3) is 5.91 Å². The van der Waals surface area contributed by atoms with Gasteiger partial charge < -0.3 is 24.4 Å². The predicted octanol–water partition coefficient (Wildman–Crippen LogP) is 3.53. The molecule has 7 nitrogen and oxygen atoms in total. The summed E-state index contributed by atoms with van der Waals surface area (Å²) in [6.45, 7) is 3.51. The van der Waals surface area contributed by atoms with E-state index >= 15 is 0 Å². The van der Waals surface area contributed by atoms with Gasteiger partial charge in [0.15, 0.2) is 0 Å². The molecule has 2 heterocycles. The fraction of sp³-hybridized carbons (Fsp3) is 0.567. The maximum absolute atomic E-state index is 13.3. The van der Waals surface area contributed by atoms with E-state index in [2.05, 4.69) is 34.1 Å². The molecule has 1 saturated carbocycles. The Morgan fingerprint density at radius 3 is 2.68 bits per heavy atom. The van der Waals surface area contributed by atoms with Crippen LogP contribution in [-0.4, -0.2) is 97.0 Å². The van der Waals surface area contributed by atoms with Crippen molar-refractivity contribution in [1.29, 1.82) is 0 Å². The third-order valence-electron chi connectivity index (χ3n) is 8.21. The Labute approximate surface area is 225 Å². The molecule has 2 aromatic carbocycles. The summed E-state index contributed by atoms with van der Waals surface area (Å²) in [6.07, 6.45) is 4.28. The molecule has 38 heavy (non-hydrogen) atoms. The zero-order valence-electron chi connectivity index (χ0n) is 22.4. The number of aliphatic hydroxyl groups excluding tert-OH is 1. The number of amides is 1. The topological polar surface area (TPSA) is 65.5 Å². The number of hydrogen-bond donors (Lipinski definition) is 1. The third kappa shape index (κ3) is 6.47. The zero-order chi connectivity index (χ0) is 26.5. The molecule has 0 spiro atoms. The van der Waals surface area contributed by atoms with E-state index in [-0.39, 0.29) is 25.2 Å². The average Bonchev–Trinajstić information content (AvgIpc) is 3.07. The van der Waals surface area contributed by atoms with Gasteiger partial charge in [-0.25, -0.2) is 4.39 Å². The summed E-state index contributed by atoms with van der Waals surface area (Å²) in [5.41, 5.74) is 3.20. The van der Waals surface area contributed by atoms with E-state index in [1.807, 2.05) is 19.2 Å². The predicted molar refractivity (Wildman–Crippen MR) is 145 cm³/mol. The lowest BCUT2D eigenvalue weighted by Gasteiger charge is -2.34. The molecule has 1 aliphatic carbocycles. The number of benzene rings is 2. The van der Waals surface area contributed by atoms with Gasteiger partial charge in [-0.3, -0.25) is 9.69 Å². The van der Waals surface area contributed by atoms with Gasteiger partial charge in [-0.05, 0) is 62.4 Å². The number of nitrogens with zero attached hydrogens (tertiary/aromatic N) is 3. The van der Waals surface area contributed by atoms with E-state index in [1.54, 1.807) is 11.0 Å². The molecule has 0 aromatic heterocycles. The number of aliphatic hydroxyl groups is 1. The Morgan fingerprint density at radius 2 is 1.89 bits per heavy atom. The molecule has 5 rings (SSSR count). The van der Waals surface area contributed by atoms with Crippen molar-refractivity contribution in [2.45, 2.75) is 56.9 Å². The number of fused-ring (bicyclic) bond motifs is 2. The van der Waals surface area contributed by atoms with Gasteiger partial charge in [0, 0.05) is 44.8 Å². The third-order valence-corrected chi connectivity index (χ3v) is 8.21. The van der Waals surface area contributed by atoms with Crippen molar-refractivity contribution in [2.24, 2.45) is 0 Å². The quantitative estimate of drug-likeness (QED) is 0.541. The summed E-state index contributed by atoms with van der Waals surface area (Å²) in [7, 11) is 1.99. The lowest BCUT2D eigenvalue weighted by Crippen LogP contribution is -2.44. The summed E-state index contributed by atoms with van der Waals surface area (Å²) < 4.78 is 24.9. The van der Waals surface area contributed by atoms with Crippen molar-refractivity contribution in [2.75, 3.05) is 53.1 Å². The van der Waals surface area contributed by atoms with Crippen LogP contribution in [0.15, 0.2) is 42.5 Å². The van der Waals surface area contributed by atoms with Crippen LogP contribution >= 0.6 is 0 Å². The van der Waals surface area contributed by atoms with Crippen molar-refractivity contribution in [3.8, 4) is 11.5 Å². The fourth-order valence-electron chi connectivity index (χ4n) is 6.02. The standard InChI is InChI=1S/C30H40FN3O4/c1-32(15-13-31)24-6-8-26(9-7-24)38-27-10-11-28-29(18-27)37-17-16-34(30(28)36)21-25(35)20-33-14-12-22-4-2-3-5-23(22)19-33/h2-5,10-11,18,24-26,35H,6-9,12-17,19-21H2,1H3/t24?,25-,26?/m1/s1. The van der Waals surface area contributed by atoms with Crippen molar-refractivity contribution < 1.29 is 23.8 Å². The normalized spacial score (nSPS) is 22.8. The number of carbonyl (C=O) groups excluding carboxylic acids is 1. The molecule has 0 unspecified atom stereocenters. The molecule has 2 aliphatic heterocycles. The first-order chi connectivity index (χ1) is 18.5. The lowest BCUT2D eigenvalue weighted by molar-refractivity contribution is 0.0501. The van der Waals surface area contributed by atoms with Gasteiger partial charge in [-0.15, -0.1) is 0 Å². The number of β-amino-alcohol motifs (C(OH)–C–C–N with tert-alkyl or cyclic N) is 1. The van der Waals surface area contributed by atoms with Crippen LogP contribution in [0.2, 0.25) is 0 Å². The molecule has 1 amide bonds. The molecule has 206 valence electrons. The molecule has 2 aromatic rings. The van der Waals surface area contributed by atoms with E-state index in [0.29, 0.717) is 49.3 Å². The minimum Gasteiger partial charge on any atom is -0.491 e. The van der Waals surface area contributed by atoms with Crippen molar-refractivity contribution in [3.05, 3.63) is 59.2 Å². The second kappa shape index (κ2) is 12.5. The Bertz CT molecular complexity index is 1090. The summed E-state index contributed by atoms with van der Waals surface area (Å²) >= 11 is 0. The van der Waals surface area contributed by atoms with E-state index in [0.717, 1.165) is 45.2 Å². The number of ether oxygens (including phenoxy) is 2. The first-order valence-corrected chi connectivity index (χ1v) is 14.0. The van der Waals surface area contributed by atoms with Crippen molar-refractivity contribution in [3.63, 3.8) is 0 Å². The molecule has 0 bridgehead atoms. The van der Waals surface area contributed by atoms with Gasteiger partial charge in [-0.1, -0.05) is 24.3 Å². The van der Waals surface area contributed by atoms with Crippen LogP contribution in [0.4, 0.5) is 4.39 Å². The van der Waals surface area contributed by atoms with Crippen LogP contribution in [0.1, 0.15) is 47.2 Å².